The van der Waals surface area contributed by atoms with Gasteiger partial charge in [-0.25, -0.2) is 0 Å². The Labute approximate surface area is 80.4 Å². The Bertz CT molecular complexity index is 87.0. The number of ether oxygens (including phenoxy) is 1. The first-order valence-electron chi connectivity index (χ1n) is 2.16. The number of rotatable bonds is 2. The van der Waals surface area contributed by atoms with Crippen LogP contribution in [-0.2, 0) is 42.2 Å². The van der Waals surface area contributed by atoms with Crippen molar-refractivity contribution in [1.29, 1.82) is 0 Å². The van der Waals surface area contributed by atoms with Crippen LogP contribution >= 0.6 is 0 Å². The summed E-state index contributed by atoms with van der Waals surface area (Å²) in [5.41, 5.74) is 0. The number of hydrogen-bond donors (Lipinski definition) is 1. The van der Waals surface area contributed by atoms with Crippen LogP contribution in [-0.4, -0.2) is 19.1 Å². The summed E-state index contributed by atoms with van der Waals surface area (Å²) in [4.78, 5) is 10.4. The quantitative estimate of drug-likeness (QED) is 0.497. The maximum Gasteiger partial charge on any atom is 0.288 e. The molecule has 0 rings (SSSR count). The third-order valence-corrected chi connectivity index (χ3v) is 0.732. The van der Waals surface area contributed by atoms with Gasteiger partial charge in [0.1, 0.15) is 0 Å². The second-order valence-electron chi connectivity index (χ2n) is 1.28. The number of carbonyl (C=O) groups excluding carboxylic acids is 1. The van der Waals surface area contributed by atoms with Crippen LogP contribution in [0.2, 0.25) is 0 Å². The average Bonchev–Trinajstić information content (AvgIpc) is 1.84. The van der Waals surface area contributed by atoms with Crippen molar-refractivity contribution >= 4 is 5.97 Å². The van der Waals surface area contributed by atoms with Crippen LogP contribution < -0.4 is 5.32 Å². The summed E-state index contributed by atoms with van der Waals surface area (Å²) in [6.45, 7) is 3.38. The van der Waals surface area contributed by atoms with Gasteiger partial charge in [-0.3, -0.25) is 11.8 Å². The van der Waals surface area contributed by atoms with E-state index in [2.05, 4.69) is 24.0 Å². The van der Waals surface area contributed by atoms with E-state index in [-0.39, 0.29) is 32.7 Å². The molecule has 0 spiro atoms. The fourth-order valence-corrected chi connectivity index (χ4v) is 0.226. The molecule has 0 aromatic rings. The van der Waals surface area contributed by atoms with Crippen molar-refractivity contribution in [3.8, 4) is 0 Å². The van der Waals surface area contributed by atoms with Gasteiger partial charge in [-0.2, -0.15) is 0 Å². The van der Waals surface area contributed by atoms with E-state index in [1.165, 1.54) is 7.11 Å². The molecule has 4 heteroatoms. The normalized spacial score (nSPS) is 11.4. The van der Waals surface area contributed by atoms with Crippen LogP contribution in [0.1, 0.15) is 0 Å². The van der Waals surface area contributed by atoms with E-state index in [4.69, 9.17) is 0 Å². The minimum atomic E-state index is -0.556. The van der Waals surface area contributed by atoms with E-state index in [0.29, 0.717) is 0 Å². The Morgan fingerprint density at radius 1 is 1.78 bits per heavy atom. The molecule has 0 aromatic carbocycles. The maximum absolute atomic E-state index is 10.4. The number of carbonyl (C=O) groups is 1. The van der Waals surface area contributed by atoms with Crippen LogP contribution in [0.15, 0.2) is 0 Å². The maximum atomic E-state index is 10.4. The molecule has 0 amide bonds. The monoisotopic (exact) mass is 204 g/mol. The van der Waals surface area contributed by atoms with Gasteiger partial charge >= 0.3 is 0 Å². The summed E-state index contributed by atoms with van der Waals surface area (Å²) in [7, 11) is 4.54. The van der Waals surface area contributed by atoms with Crippen molar-refractivity contribution in [3.05, 3.63) is 14.0 Å². The first-order valence-corrected chi connectivity index (χ1v) is 2.16. The summed E-state index contributed by atoms with van der Waals surface area (Å²) >= 11 is 0. The van der Waals surface area contributed by atoms with Crippen molar-refractivity contribution in [2.45, 2.75) is 6.04 Å². The second-order valence-corrected chi connectivity index (χ2v) is 1.28. The van der Waals surface area contributed by atoms with Crippen molar-refractivity contribution in [2.75, 3.05) is 7.11 Å². The van der Waals surface area contributed by atoms with Crippen molar-refractivity contribution in [2.24, 2.45) is 0 Å². The van der Waals surface area contributed by atoms with Gasteiger partial charge in [0.25, 0.3) is 5.97 Å². The van der Waals surface area contributed by atoms with Gasteiger partial charge in [-0.05, 0) is 0 Å². The topological polar surface area (TPSA) is 38.3 Å². The first-order chi connectivity index (χ1) is 3.72. The molecule has 0 aliphatic heterocycles. The van der Waals surface area contributed by atoms with Crippen LogP contribution in [0.5, 0.6) is 0 Å². The Morgan fingerprint density at radius 3 is 2.33 bits per heavy atom. The minimum absolute atomic E-state index is 0. The fraction of sp³-hybridized carbons (Fsp3) is 0.400. The Hall–Kier alpha value is 0.534. The number of methoxy groups -OCH3 is 1. The predicted octanol–water partition coefficient (Wildman–Crippen LogP) is -0.259. The third-order valence-electron chi connectivity index (χ3n) is 0.732. The van der Waals surface area contributed by atoms with Gasteiger partial charge in [0.15, 0.2) is 0 Å². The van der Waals surface area contributed by atoms with Crippen LogP contribution in [0, 0.1) is 14.0 Å². The largest absolute Gasteiger partial charge is 0.487 e. The zero-order chi connectivity index (χ0) is 6.57. The molecule has 0 unspecified atom stereocenters. The number of esters is 1. The van der Waals surface area contributed by atoms with E-state index in [1.807, 2.05) is 0 Å². The molecule has 51 valence electrons. The standard InChI is InChI=1S/C5H9NO2.Y/c1-4(6-2)5(7)8-3;/h4,6H,1-2H2,3H3;/q-2;/t4-;/m0./s1. The summed E-state index contributed by atoms with van der Waals surface area (Å²) in [5, 5.41) is 2.38. The van der Waals surface area contributed by atoms with Crippen LogP contribution in [0.25, 0.3) is 0 Å². The molecule has 1 radical (unpaired) electrons. The molecule has 0 fully saturated rings. The molecule has 0 saturated heterocycles. The Morgan fingerprint density at radius 2 is 2.22 bits per heavy atom. The third kappa shape index (κ3) is 5.00. The fourth-order valence-electron chi connectivity index (χ4n) is 0.226. The Kier molecular flexibility index (Phi) is 9.04. The van der Waals surface area contributed by atoms with E-state index >= 15 is 0 Å². The molecule has 3 nitrogen and oxygen atoms in total. The smallest absolute Gasteiger partial charge is 0.288 e. The predicted molar refractivity (Wildman–Crippen MR) is 29.7 cm³/mol. The summed E-state index contributed by atoms with van der Waals surface area (Å²) in [6.07, 6.45) is 0. The van der Waals surface area contributed by atoms with Crippen LogP contribution in [0.4, 0.5) is 0 Å². The molecule has 0 heterocycles. The first kappa shape index (κ1) is 12.2. The van der Waals surface area contributed by atoms with E-state index in [0.717, 1.165) is 0 Å². The number of nitrogens with one attached hydrogen (secondary N) is 1. The molecule has 0 aliphatic rings. The minimum Gasteiger partial charge on any atom is -0.487 e. The summed E-state index contributed by atoms with van der Waals surface area (Å²) in [5.74, 6) is -0.403. The molecular formula is C5H9NO2Y-2. The molecule has 9 heavy (non-hydrogen) atoms. The molecule has 0 bridgehead atoms. The average molecular weight is 204 g/mol. The van der Waals surface area contributed by atoms with E-state index in [1.54, 1.807) is 0 Å². The van der Waals surface area contributed by atoms with E-state index in [9.17, 15) is 4.79 Å². The zero-order valence-corrected chi connectivity index (χ0v) is 8.22. The second kappa shape index (κ2) is 6.65. The van der Waals surface area contributed by atoms with Gasteiger partial charge in [0.2, 0.25) is 0 Å². The van der Waals surface area contributed by atoms with Crippen molar-refractivity contribution in [1.82, 2.24) is 5.32 Å². The SMILES string of the molecule is [CH2-]N[C@@H]([CH2-])C(=O)OC.[Y]. The summed E-state index contributed by atoms with van der Waals surface area (Å²) in [6, 6.07) is -0.556. The van der Waals surface area contributed by atoms with Gasteiger partial charge in [0, 0.05) is 32.7 Å². The Balaban J connectivity index is 0. The number of hydrogen-bond acceptors (Lipinski definition) is 3. The molecule has 1 N–H and O–H groups in total. The van der Waals surface area contributed by atoms with Gasteiger partial charge in [-0.1, -0.05) is 6.04 Å². The molecule has 0 aliphatic carbocycles. The van der Waals surface area contributed by atoms with E-state index < -0.39 is 12.0 Å². The molecular weight excluding hydrogens is 195 g/mol. The van der Waals surface area contributed by atoms with Crippen LogP contribution in [0.3, 0.4) is 0 Å². The van der Waals surface area contributed by atoms with Crippen molar-refractivity contribution < 1.29 is 42.2 Å². The molecule has 0 saturated carbocycles. The van der Waals surface area contributed by atoms with Gasteiger partial charge in [-0.15, -0.1) is 0 Å². The van der Waals surface area contributed by atoms with Gasteiger partial charge in [0.05, 0.1) is 7.11 Å². The molecule has 0 aromatic heterocycles. The van der Waals surface area contributed by atoms with Crippen molar-refractivity contribution in [3.63, 3.8) is 0 Å². The molecule has 1 atom stereocenters. The summed E-state index contributed by atoms with van der Waals surface area (Å²) < 4.78 is 4.30. The van der Waals surface area contributed by atoms with Gasteiger partial charge < -0.3 is 17.0 Å². The zero-order valence-electron chi connectivity index (χ0n) is 5.39.